The average molecular weight is 371 g/mol. The van der Waals surface area contributed by atoms with Gasteiger partial charge in [0, 0.05) is 31.0 Å². The molecule has 1 aliphatic rings. The third-order valence-electron chi connectivity index (χ3n) is 5.54. The van der Waals surface area contributed by atoms with Crippen molar-refractivity contribution in [2.75, 3.05) is 13.1 Å². The monoisotopic (exact) mass is 371 g/mol. The lowest BCUT2D eigenvalue weighted by molar-refractivity contribution is -0.130. The van der Waals surface area contributed by atoms with Crippen LogP contribution in [0.25, 0.3) is 11.1 Å². The number of amides is 1. The molecule has 1 unspecified atom stereocenters. The Balaban J connectivity index is 1.57. The number of carbonyl (C=O) groups is 1. The van der Waals surface area contributed by atoms with Gasteiger partial charge in [-0.2, -0.15) is 0 Å². The van der Waals surface area contributed by atoms with E-state index in [-0.39, 0.29) is 5.91 Å². The van der Waals surface area contributed by atoms with Crippen LogP contribution in [0, 0.1) is 5.41 Å². The highest BCUT2D eigenvalue weighted by atomic mass is 16.2. The minimum Gasteiger partial charge on any atom is -0.351 e. The van der Waals surface area contributed by atoms with Crippen molar-refractivity contribution in [1.82, 2.24) is 15.6 Å². The molecule has 2 aromatic carbocycles. The summed E-state index contributed by atoms with van der Waals surface area (Å²) < 4.78 is 0. The highest BCUT2D eigenvalue weighted by Gasteiger charge is 2.41. The number of hydrogen-bond acceptors (Lipinski definition) is 3. The van der Waals surface area contributed by atoms with E-state index in [9.17, 15) is 4.79 Å². The summed E-state index contributed by atoms with van der Waals surface area (Å²) in [5.74, 6) is 0.127. The Hall–Kier alpha value is -2.98. The molecule has 0 bridgehead atoms. The first kappa shape index (κ1) is 18.4. The summed E-state index contributed by atoms with van der Waals surface area (Å²) in [6.07, 6.45) is 5.22. The summed E-state index contributed by atoms with van der Waals surface area (Å²) in [5, 5.41) is 6.57. The zero-order chi connectivity index (χ0) is 19.2. The molecule has 0 saturated carbocycles. The highest BCUT2D eigenvalue weighted by Crippen LogP contribution is 2.34. The fourth-order valence-corrected chi connectivity index (χ4v) is 3.98. The Labute approximate surface area is 166 Å². The molecule has 1 amide bonds. The van der Waals surface area contributed by atoms with Crippen molar-refractivity contribution >= 4 is 5.91 Å². The first-order valence-electron chi connectivity index (χ1n) is 9.78. The molecule has 1 aromatic heterocycles. The Kier molecular flexibility index (Phi) is 5.49. The molecule has 0 radical (unpaired) electrons. The van der Waals surface area contributed by atoms with Gasteiger partial charge in [-0.3, -0.25) is 9.78 Å². The number of carbonyl (C=O) groups excluding carboxylic acids is 1. The van der Waals surface area contributed by atoms with E-state index in [0.29, 0.717) is 19.5 Å². The van der Waals surface area contributed by atoms with Crippen molar-refractivity contribution in [2.24, 2.45) is 5.41 Å². The van der Waals surface area contributed by atoms with Crippen LogP contribution in [0.1, 0.15) is 17.5 Å². The molecule has 28 heavy (non-hydrogen) atoms. The van der Waals surface area contributed by atoms with Crippen LogP contribution in [0.5, 0.6) is 0 Å². The highest BCUT2D eigenvalue weighted by molar-refractivity contribution is 5.84. The van der Waals surface area contributed by atoms with Crippen molar-refractivity contribution in [2.45, 2.75) is 19.4 Å². The van der Waals surface area contributed by atoms with Gasteiger partial charge in [-0.15, -0.1) is 0 Å². The van der Waals surface area contributed by atoms with Crippen molar-refractivity contribution in [3.63, 3.8) is 0 Å². The second-order valence-corrected chi connectivity index (χ2v) is 7.45. The van der Waals surface area contributed by atoms with E-state index in [2.05, 4.69) is 33.8 Å². The standard InChI is InChI=1S/C24H25N3O/c28-23(27-16-19-7-2-1-3-8-19)24(12-14-26-18-24)15-20-9-4-5-11-22(20)21-10-6-13-25-17-21/h1-11,13,17,26H,12,14-16,18H2,(H,27,28). The third kappa shape index (κ3) is 3.97. The van der Waals surface area contributed by atoms with Gasteiger partial charge in [0.2, 0.25) is 5.91 Å². The van der Waals surface area contributed by atoms with Crippen LogP contribution < -0.4 is 10.6 Å². The van der Waals surface area contributed by atoms with E-state index in [4.69, 9.17) is 0 Å². The van der Waals surface area contributed by atoms with E-state index in [1.165, 1.54) is 5.56 Å². The van der Waals surface area contributed by atoms with Gasteiger partial charge in [-0.25, -0.2) is 0 Å². The molecule has 4 nitrogen and oxygen atoms in total. The minimum atomic E-state index is -0.424. The van der Waals surface area contributed by atoms with Gasteiger partial charge in [-0.05, 0) is 42.1 Å². The maximum Gasteiger partial charge on any atom is 0.228 e. The van der Waals surface area contributed by atoms with Gasteiger partial charge in [0.1, 0.15) is 0 Å². The van der Waals surface area contributed by atoms with Crippen LogP contribution in [0.2, 0.25) is 0 Å². The molecule has 1 saturated heterocycles. The first-order valence-corrected chi connectivity index (χ1v) is 9.78. The Morgan fingerprint density at radius 2 is 1.86 bits per heavy atom. The Morgan fingerprint density at radius 1 is 1.04 bits per heavy atom. The summed E-state index contributed by atoms with van der Waals surface area (Å²) in [7, 11) is 0. The van der Waals surface area contributed by atoms with Crippen LogP contribution in [0.15, 0.2) is 79.1 Å². The zero-order valence-electron chi connectivity index (χ0n) is 15.9. The minimum absolute atomic E-state index is 0.127. The molecule has 2 heterocycles. The molecule has 1 atom stereocenters. The number of nitrogens with one attached hydrogen (secondary N) is 2. The quantitative estimate of drug-likeness (QED) is 0.696. The molecule has 3 aromatic rings. The van der Waals surface area contributed by atoms with Crippen molar-refractivity contribution < 1.29 is 4.79 Å². The van der Waals surface area contributed by atoms with E-state index < -0.39 is 5.41 Å². The molecule has 142 valence electrons. The molecular formula is C24H25N3O. The van der Waals surface area contributed by atoms with Crippen molar-refractivity contribution in [3.05, 3.63) is 90.3 Å². The van der Waals surface area contributed by atoms with Gasteiger partial charge in [0.25, 0.3) is 0 Å². The topological polar surface area (TPSA) is 54.0 Å². The number of rotatable bonds is 6. The van der Waals surface area contributed by atoms with Gasteiger partial charge in [-0.1, -0.05) is 60.7 Å². The average Bonchev–Trinajstić information content (AvgIpc) is 3.23. The number of hydrogen-bond donors (Lipinski definition) is 2. The third-order valence-corrected chi connectivity index (χ3v) is 5.54. The Morgan fingerprint density at radius 3 is 2.61 bits per heavy atom. The number of aromatic nitrogens is 1. The zero-order valence-corrected chi connectivity index (χ0v) is 15.9. The van der Waals surface area contributed by atoms with Crippen LogP contribution >= 0.6 is 0 Å². The number of benzene rings is 2. The van der Waals surface area contributed by atoms with Gasteiger partial charge in [0.05, 0.1) is 5.41 Å². The molecule has 4 heteroatoms. The first-order chi connectivity index (χ1) is 13.8. The lowest BCUT2D eigenvalue weighted by Gasteiger charge is -2.28. The second-order valence-electron chi connectivity index (χ2n) is 7.45. The molecule has 4 rings (SSSR count). The fourth-order valence-electron chi connectivity index (χ4n) is 3.98. The van der Waals surface area contributed by atoms with Crippen molar-refractivity contribution in [3.8, 4) is 11.1 Å². The number of pyridine rings is 1. The van der Waals surface area contributed by atoms with Gasteiger partial charge in [0.15, 0.2) is 0 Å². The largest absolute Gasteiger partial charge is 0.351 e. The normalized spacial score (nSPS) is 18.7. The lowest BCUT2D eigenvalue weighted by atomic mass is 9.78. The SMILES string of the molecule is O=C(NCc1ccccc1)C1(Cc2ccccc2-c2cccnc2)CCNC1. The predicted octanol–water partition coefficient (Wildman–Crippen LogP) is 3.59. The summed E-state index contributed by atoms with van der Waals surface area (Å²) >= 11 is 0. The van der Waals surface area contributed by atoms with E-state index >= 15 is 0 Å². The summed E-state index contributed by atoms with van der Waals surface area (Å²) in [6, 6.07) is 22.4. The molecule has 2 N–H and O–H groups in total. The van der Waals surface area contributed by atoms with Crippen LogP contribution in [-0.2, 0) is 17.8 Å². The van der Waals surface area contributed by atoms with E-state index in [0.717, 1.165) is 29.7 Å². The molecule has 1 fully saturated rings. The molecule has 0 aliphatic carbocycles. The lowest BCUT2D eigenvalue weighted by Crippen LogP contribution is -2.44. The predicted molar refractivity (Wildman–Crippen MR) is 112 cm³/mol. The summed E-state index contributed by atoms with van der Waals surface area (Å²) in [6.45, 7) is 2.13. The maximum absolute atomic E-state index is 13.2. The second kappa shape index (κ2) is 8.36. The van der Waals surface area contributed by atoms with E-state index in [1.54, 1.807) is 6.20 Å². The van der Waals surface area contributed by atoms with E-state index in [1.807, 2.05) is 54.7 Å². The number of nitrogens with zero attached hydrogens (tertiary/aromatic N) is 1. The van der Waals surface area contributed by atoms with Crippen LogP contribution in [0.4, 0.5) is 0 Å². The fraction of sp³-hybridized carbons (Fsp3) is 0.250. The molecule has 0 spiro atoms. The van der Waals surface area contributed by atoms with Gasteiger partial charge < -0.3 is 10.6 Å². The molecule has 1 aliphatic heterocycles. The Bertz CT molecular complexity index is 919. The summed E-state index contributed by atoms with van der Waals surface area (Å²) in [5.41, 5.74) is 4.12. The van der Waals surface area contributed by atoms with Crippen LogP contribution in [-0.4, -0.2) is 24.0 Å². The smallest absolute Gasteiger partial charge is 0.228 e. The van der Waals surface area contributed by atoms with Crippen LogP contribution in [0.3, 0.4) is 0 Å². The summed E-state index contributed by atoms with van der Waals surface area (Å²) in [4.78, 5) is 17.5. The maximum atomic E-state index is 13.2. The van der Waals surface area contributed by atoms with Crippen molar-refractivity contribution in [1.29, 1.82) is 0 Å². The molecular weight excluding hydrogens is 346 g/mol. The van der Waals surface area contributed by atoms with Gasteiger partial charge >= 0.3 is 0 Å².